The molecule has 2 N–H and O–H groups in total. The first-order valence-electron chi connectivity index (χ1n) is 5.86. The van der Waals surface area contributed by atoms with Gasteiger partial charge in [0.05, 0.1) is 11.5 Å². The van der Waals surface area contributed by atoms with Crippen LogP contribution in [-0.4, -0.2) is 22.6 Å². The molecular formula is C14H18O3. The number of fused-ring (bicyclic) bond motifs is 1. The molecule has 0 unspecified atom stereocenters. The summed E-state index contributed by atoms with van der Waals surface area (Å²) in [4.78, 5) is 12.2. The van der Waals surface area contributed by atoms with Gasteiger partial charge in [0.1, 0.15) is 0 Å². The minimum atomic E-state index is -0.743. The number of ketones is 1. The van der Waals surface area contributed by atoms with Crippen LogP contribution in [-0.2, 0) is 6.42 Å². The van der Waals surface area contributed by atoms with Gasteiger partial charge in [0, 0.05) is 12.2 Å². The highest BCUT2D eigenvalue weighted by atomic mass is 16.3. The quantitative estimate of drug-likeness (QED) is 0.820. The van der Waals surface area contributed by atoms with Crippen LogP contribution in [0.1, 0.15) is 47.0 Å². The normalized spacial score (nSPS) is 21.7. The average molecular weight is 234 g/mol. The number of aliphatic hydroxyl groups is 2. The van der Waals surface area contributed by atoms with Gasteiger partial charge in [0.2, 0.25) is 0 Å². The smallest absolute Gasteiger partial charge is 0.171 e. The zero-order valence-electron chi connectivity index (χ0n) is 10.4. The molecule has 2 rings (SSSR count). The summed E-state index contributed by atoms with van der Waals surface area (Å²) in [5.74, 6) is -0.0146. The lowest BCUT2D eigenvalue weighted by atomic mass is 9.86. The van der Waals surface area contributed by atoms with Crippen molar-refractivity contribution in [1.82, 2.24) is 0 Å². The third-order valence-corrected chi connectivity index (χ3v) is 3.70. The number of aliphatic hydroxyl groups excluding tert-OH is 2. The highest BCUT2D eigenvalue weighted by Gasteiger charge is 2.45. The fraction of sp³-hybridized carbons (Fsp3) is 0.500. The summed E-state index contributed by atoms with van der Waals surface area (Å²) < 4.78 is 0. The summed E-state index contributed by atoms with van der Waals surface area (Å²) in [6.45, 7) is 5.54. The molecule has 0 aliphatic heterocycles. The minimum Gasteiger partial charge on any atom is -0.396 e. The summed E-state index contributed by atoms with van der Waals surface area (Å²) in [5.41, 5.74) is 2.58. The molecule has 0 heterocycles. The molecule has 17 heavy (non-hydrogen) atoms. The molecular weight excluding hydrogens is 216 g/mol. The summed E-state index contributed by atoms with van der Waals surface area (Å²) in [7, 11) is 0. The number of Topliss-reactive ketones (excluding diaryl/α,β-unsaturated/α-hetero) is 1. The molecule has 0 amide bonds. The largest absolute Gasteiger partial charge is 0.396 e. The van der Waals surface area contributed by atoms with E-state index in [0.717, 1.165) is 16.7 Å². The second-order valence-electron chi connectivity index (χ2n) is 5.29. The van der Waals surface area contributed by atoms with Crippen molar-refractivity contribution < 1.29 is 15.0 Å². The zero-order valence-corrected chi connectivity index (χ0v) is 10.4. The van der Waals surface area contributed by atoms with Crippen molar-refractivity contribution in [1.29, 1.82) is 0 Å². The van der Waals surface area contributed by atoms with Gasteiger partial charge < -0.3 is 10.2 Å². The topological polar surface area (TPSA) is 57.5 Å². The number of carbonyl (C=O) groups is 1. The maximum absolute atomic E-state index is 12.2. The molecule has 0 radical (unpaired) electrons. The van der Waals surface area contributed by atoms with Gasteiger partial charge in [-0.05, 0) is 49.9 Å². The molecule has 1 atom stereocenters. The van der Waals surface area contributed by atoms with E-state index in [-0.39, 0.29) is 12.4 Å². The van der Waals surface area contributed by atoms with Crippen molar-refractivity contribution in [3.05, 3.63) is 34.4 Å². The lowest BCUT2D eigenvalue weighted by Crippen LogP contribution is -2.23. The standard InChI is InChI=1S/C14H18O3/c1-8-6-10-11(7-9(8)4-5-15)13(17)14(2,3)12(10)16/h6-7,12,15-16H,4-5H2,1-3H3/t12-/m0/s1. The number of rotatable bonds is 2. The monoisotopic (exact) mass is 234 g/mol. The van der Waals surface area contributed by atoms with Gasteiger partial charge in [-0.3, -0.25) is 4.79 Å². The molecule has 0 saturated carbocycles. The van der Waals surface area contributed by atoms with Crippen molar-refractivity contribution in [2.75, 3.05) is 6.61 Å². The molecule has 0 saturated heterocycles. The highest BCUT2D eigenvalue weighted by Crippen LogP contribution is 2.45. The maximum atomic E-state index is 12.2. The van der Waals surface area contributed by atoms with Crippen molar-refractivity contribution in [2.24, 2.45) is 5.41 Å². The van der Waals surface area contributed by atoms with Crippen LogP contribution in [0.25, 0.3) is 0 Å². The Balaban J connectivity index is 2.56. The average Bonchev–Trinajstić information content (AvgIpc) is 2.43. The van der Waals surface area contributed by atoms with E-state index in [0.29, 0.717) is 12.0 Å². The third kappa shape index (κ3) is 1.70. The molecule has 3 nitrogen and oxygen atoms in total. The van der Waals surface area contributed by atoms with Gasteiger partial charge in [0.15, 0.2) is 5.78 Å². The molecule has 1 aliphatic carbocycles. The van der Waals surface area contributed by atoms with E-state index in [1.807, 2.05) is 19.1 Å². The van der Waals surface area contributed by atoms with Crippen LogP contribution in [0.5, 0.6) is 0 Å². The van der Waals surface area contributed by atoms with Crippen molar-refractivity contribution >= 4 is 5.78 Å². The lowest BCUT2D eigenvalue weighted by molar-refractivity contribution is 0.0491. The van der Waals surface area contributed by atoms with E-state index < -0.39 is 11.5 Å². The number of benzene rings is 1. The van der Waals surface area contributed by atoms with E-state index in [9.17, 15) is 9.90 Å². The summed E-state index contributed by atoms with van der Waals surface area (Å²) >= 11 is 0. The molecule has 0 bridgehead atoms. The van der Waals surface area contributed by atoms with Crippen LogP contribution in [0.4, 0.5) is 0 Å². The van der Waals surface area contributed by atoms with Crippen molar-refractivity contribution in [3.8, 4) is 0 Å². The predicted molar refractivity (Wildman–Crippen MR) is 65.0 cm³/mol. The lowest BCUT2D eigenvalue weighted by Gasteiger charge is -2.20. The Kier molecular flexibility index (Phi) is 2.84. The van der Waals surface area contributed by atoms with Crippen LogP contribution in [0.2, 0.25) is 0 Å². The predicted octanol–water partition coefficient (Wildman–Crippen LogP) is 1.79. The van der Waals surface area contributed by atoms with Gasteiger partial charge in [-0.15, -0.1) is 0 Å². The number of hydrogen-bond acceptors (Lipinski definition) is 3. The molecule has 1 aliphatic rings. The molecule has 3 heteroatoms. The second kappa shape index (κ2) is 3.93. The van der Waals surface area contributed by atoms with Crippen molar-refractivity contribution in [2.45, 2.75) is 33.3 Å². The zero-order chi connectivity index (χ0) is 12.8. The Morgan fingerprint density at radius 1 is 1.35 bits per heavy atom. The summed E-state index contributed by atoms with van der Waals surface area (Å²) in [6, 6.07) is 3.69. The molecule has 0 fully saturated rings. The number of carbonyl (C=O) groups excluding carboxylic acids is 1. The fourth-order valence-corrected chi connectivity index (χ4v) is 2.45. The Morgan fingerprint density at radius 3 is 2.59 bits per heavy atom. The van der Waals surface area contributed by atoms with Crippen LogP contribution >= 0.6 is 0 Å². The van der Waals surface area contributed by atoms with Gasteiger partial charge in [-0.2, -0.15) is 0 Å². The van der Waals surface area contributed by atoms with E-state index in [1.54, 1.807) is 13.8 Å². The molecule has 0 aromatic heterocycles. The van der Waals surface area contributed by atoms with Crippen LogP contribution < -0.4 is 0 Å². The first kappa shape index (κ1) is 12.3. The summed E-state index contributed by atoms with van der Waals surface area (Å²) in [5, 5.41) is 19.1. The Bertz CT molecular complexity index is 475. The molecule has 0 spiro atoms. The van der Waals surface area contributed by atoms with E-state index in [2.05, 4.69) is 0 Å². The Hall–Kier alpha value is -1.19. The molecule has 1 aromatic carbocycles. The van der Waals surface area contributed by atoms with Gasteiger partial charge in [0.25, 0.3) is 0 Å². The number of hydrogen-bond donors (Lipinski definition) is 2. The maximum Gasteiger partial charge on any atom is 0.171 e. The Labute approximate surface area is 101 Å². The first-order valence-corrected chi connectivity index (χ1v) is 5.86. The second-order valence-corrected chi connectivity index (χ2v) is 5.29. The van der Waals surface area contributed by atoms with E-state index in [4.69, 9.17) is 5.11 Å². The first-order chi connectivity index (χ1) is 7.89. The van der Waals surface area contributed by atoms with Gasteiger partial charge in [-0.25, -0.2) is 0 Å². The van der Waals surface area contributed by atoms with E-state index in [1.165, 1.54) is 0 Å². The summed E-state index contributed by atoms with van der Waals surface area (Å²) in [6.07, 6.45) is -0.185. The van der Waals surface area contributed by atoms with Gasteiger partial charge in [-0.1, -0.05) is 6.07 Å². The SMILES string of the molecule is Cc1cc2c(cc1CCO)C(=O)C(C)(C)[C@H]2O. The third-order valence-electron chi connectivity index (χ3n) is 3.70. The van der Waals surface area contributed by atoms with E-state index >= 15 is 0 Å². The van der Waals surface area contributed by atoms with Crippen LogP contribution in [0, 0.1) is 12.3 Å². The minimum absolute atomic E-state index is 0.0146. The van der Waals surface area contributed by atoms with Crippen LogP contribution in [0.15, 0.2) is 12.1 Å². The van der Waals surface area contributed by atoms with Gasteiger partial charge >= 0.3 is 0 Å². The molecule has 92 valence electrons. The Morgan fingerprint density at radius 2 is 2.00 bits per heavy atom. The van der Waals surface area contributed by atoms with Crippen LogP contribution in [0.3, 0.4) is 0 Å². The van der Waals surface area contributed by atoms with Crippen molar-refractivity contribution in [3.63, 3.8) is 0 Å². The highest BCUT2D eigenvalue weighted by molar-refractivity contribution is 6.05. The fourth-order valence-electron chi connectivity index (χ4n) is 2.45. The number of aryl methyl sites for hydroxylation is 1. The molecule has 1 aromatic rings.